The van der Waals surface area contributed by atoms with Gasteiger partial charge in [0.25, 0.3) is 0 Å². The second-order valence-corrected chi connectivity index (χ2v) is 3.85. The molecule has 0 aromatic carbocycles. The van der Waals surface area contributed by atoms with Crippen LogP contribution in [0.25, 0.3) is 0 Å². The van der Waals surface area contributed by atoms with Gasteiger partial charge >= 0.3 is 0 Å². The standard InChI is InChI=1S/C4H7ClS2/c1-4(6,7)2-3-5/h2-3,6-7H,1H3. The molecule has 0 saturated heterocycles. The van der Waals surface area contributed by atoms with Crippen molar-refractivity contribution in [2.75, 3.05) is 0 Å². The molecule has 0 spiro atoms. The van der Waals surface area contributed by atoms with Gasteiger partial charge in [-0.1, -0.05) is 11.6 Å². The maximum Gasteiger partial charge on any atom is 0.0716 e. The van der Waals surface area contributed by atoms with Gasteiger partial charge in [0, 0.05) is 5.54 Å². The fraction of sp³-hybridized carbons (Fsp3) is 0.500. The van der Waals surface area contributed by atoms with Gasteiger partial charge in [0.15, 0.2) is 0 Å². The van der Waals surface area contributed by atoms with Crippen molar-refractivity contribution < 1.29 is 0 Å². The molecule has 0 atom stereocenters. The molecule has 0 aliphatic carbocycles. The Labute approximate surface area is 59.8 Å². The van der Waals surface area contributed by atoms with Gasteiger partial charge in [-0.05, 0) is 13.0 Å². The quantitative estimate of drug-likeness (QED) is 0.421. The third-order valence-corrected chi connectivity index (χ3v) is 0.803. The lowest BCUT2D eigenvalue weighted by Crippen LogP contribution is -1.98. The van der Waals surface area contributed by atoms with Crippen LogP contribution in [0.15, 0.2) is 11.6 Å². The largest absolute Gasteiger partial charge is 0.158 e. The lowest BCUT2D eigenvalue weighted by Gasteiger charge is -2.06. The zero-order valence-corrected chi connectivity index (χ0v) is 6.47. The van der Waals surface area contributed by atoms with Crippen LogP contribution in [-0.2, 0) is 0 Å². The van der Waals surface area contributed by atoms with Crippen LogP contribution in [0.1, 0.15) is 6.92 Å². The molecule has 42 valence electrons. The highest BCUT2D eigenvalue weighted by atomic mass is 35.5. The SMILES string of the molecule is CC(S)(S)C=CCl. The van der Waals surface area contributed by atoms with Crippen molar-refractivity contribution in [1.82, 2.24) is 0 Å². The van der Waals surface area contributed by atoms with Crippen molar-refractivity contribution in [2.24, 2.45) is 0 Å². The summed E-state index contributed by atoms with van der Waals surface area (Å²) in [5.74, 6) is 0. The predicted octanol–water partition coefficient (Wildman–Crippen LogP) is 2.31. The highest BCUT2D eigenvalue weighted by Gasteiger charge is 2.04. The fourth-order valence-electron chi connectivity index (χ4n) is 0.119. The first-order chi connectivity index (χ1) is 3.06. The molecule has 0 rings (SSSR count). The summed E-state index contributed by atoms with van der Waals surface area (Å²) in [6, 6.07) is 0. The molecule has 0 aliphatic heterocycles. The van der Waals surface area contributed by atoms with E-state index in [4.69, 9.17) is 11.6 Å². The topological polar surface area (TPSA) is 0 Å². The minimum atomic E-state index is -0.373. The molecule has 7 heavy (non-hydrogen) atoms. The lowest BCUT2D eigenvalue weighted by atomic mass is 10.5. The van der Waals surface area contributed by atoms with Crippen LogP contribution in [0.5, 0.6) is 0 Å². The predicted molar refractivity (Wildman–Crippen MR) is 41.4 cm³/mol. The lowest BCUT2D eigenvalue weighted by molar-refractivity contribution is 1.18. The van der Waals surface area contributed by atoms with Crippen molar-refractivity contribution in [2.45, 2.75) is 11.0 Å². The summed E-state index contributed by atoms with van der Waals surface area (Å²) < 4.78 is -0.373. The molecule has 0 bridgehead atoms. The van der Waals surface area contributed by atoms with E-state index in [1.165, 1.54) is 5.54 Å². The second-order valence-electron chi connectivity index (χ2n) is 1.39. The molecule has 0 fully saturated rings. The van der Waals surface area contributed by atoms with Crippen LogP contribution in [-0.4, -0.2) is 4.08 Å². The van der Waals surface area contributed by atoms with Gasteiger partial charge in [-0.2, -0.15) is 25.3 Å². The van der Waals surface area contributed by atoms with E-state index in [1.807, 2.05) is 6.92 Å². The summed E-state index contributed by atoms with van der Waals surface area (Å²) >= 11 is 13.3. The number of thiol groups is 2. The molecular formula is C4H7ClS2. The van der Waals surface area contributed by atoms with Crippen molar-refractivity contribution >= 4 is 36.9 Å². The molecule has 0 heterocycles. The van der Waals surface area contributed by atoms with Gasteiger partial charge in [-0.3, -0.25) is 0 Å². The Kier molecular flexibility index (Phi) is 3.20. The van der Waals surface area contributed by atoms with Gasteiger partial charge in [0.1, 0.15) is 0 Å². The number of hydrogen-bond acceptors (Lipinski definition) is 2. The smallest absolute Gasteiger partial charge is 0.0716 e. The Bertz CT molecular complexity index is 72.2. The molecule has 0 nitrogen and oxygen atoms in total. The summed E-state index contributed by atoms with van der Waals surface area (Å²) in [6.45, 7) is 1.83. The molecule has 3 heteroatoms. The van der Waals surface area contributed by atoms with Gasteiger partial charge in [-0.15, -0.1) is 0 Å². The van der Waals surface area contributed by atoms with Crippen molar-refractivity contribution in [1.29, 1.82) is 0 Å². The van der Waals surface area contributed by atoms with Gasteiger partial charge < -0.3 is 0 Å². The molecule has 0 aliphatic rings. The van der Waals surface area contributed by atoms with Crippen LogP contribution >= 0.6 is 36.9 Å². The molecular weight excluding hydrogens is 148 g/mol. The summed E-state index contributed by atoms with van der Waals surface area (Å²) in [6.07, 6.45) is 1.68. The third kappa shape index (κ3) is 6.73. The Morgan fingerprint density at radius 1 is 1.57 bits per heavy atom. The van der Waals surface area contributed by atoms with Crippen LogP contribution in [0.2, 0.25) is 0 Å². The number of rotatable bonds is 1. The molecule has 0 aromatic heterocycles. The molecule has 0 N–H and O–H groups in total. The maximum absolute atomic E-state index is 5.21. The van der Waals surface area contributed by atoms with Gasteiger partial charge in [0.2, 0.25) is 0 Å². The van der Waals surface area contributed by atoms with Gasteiger partial charge in [-0.25, -0.2) is 0 Å². The van der Waals surface area contributed by atoms with E-state index in [0.717, 1.165) is 0 Å². The molecule has 0 saturated carbocycles. The molecule has 0 amide bonds. The third-order valence-electron chi connectivity index (χ3n) is 0.379. The normalized spacial score (nSPS) is 13.1. The second kappa shape index (κ2) is 2.90. The number of hydrogen-bond donors (Lipinski definition) is 2. The van der Waals surface area contributed by atoms with E-state index in [2.05, 4.69) is 25.3 Å². The molecule has 0 unspecified atom stereocenters. The van der Waals surface area contributed by atoms with E-state index in [0.29, 0.717) is 0 Å². The first-order valence-corrected chi connectivity index (χ1v) is 3.12. The Hall–Kier alpha value is 0.730. The first kappa shape index (κ1) is 7.73. The summed E-state index contributed by atoms with van der Waals surface area (Å²) in [7, 11) is 0. The summed E-state index contributed by atoms with van der Waals surface area (Å²) in [5, 5.41) is 0. The first-order valence-electron chi connectivity index (χ1n) is 1.79. The highest BCUT2D eigenvalue weighted by Crippen LogP contribution is 2.19. The van der Waals surface area contributed by atoms with E-state index >= 15 is 0 Å². The Morgan fingerprint density at radius 2 is 2.00 bits per heavy atom. The average Bonchev–Trinajstić information content (AvgIpc) is 1.30. The Morgan fingerprint density at radius 3 is 2.00 bits per heavy atom. The van der Waals surface area contributed by atoms with Gasteiger partial charge in [0.05, 0.1) is 4.08 Å². The maximum atomic E-state index is 5.21. The Balaban J connectivity index is 3.56. The minimum Gasteiger partial charge on any atom is -0.158 e. The van der Waals surface area contributed by atoms with E-state index in [9.17, 15) is 0 Å². The average molecular weight is 155 g/mol. The molecule has 0 radical (unpaired) electrons. The van der Waals surface area contributed by atoms with E-state index < -0.39 is 0 Å². The van der Waals surface area contributed by atoms with Crippen molar-refractivity contribution in [3.05, 3.63) is 11.6 Å². The monoisotopic (exact) mass is 154 g/mol. The van der Waals surface area contributed by atoms with Crippen molar-refractivity contribution in [3.63, 3.8) is 0 Å². The van der Waals surface area contributed by atoms with E-state index in [1.54, 1.807) is 6.08 Å². The highest BCUT2D eigenvalue weighted by molar-refractivity contribution is 8.00. The summed E-state index contributed by atoms with van der Waals surface area (Å²) in [5.41, 5.74) is 1.40. The van der Waals surface area contributed by atoms with E-state index in [-0.39, 0.29) is 4.08 Å². The zero-order valence-electron chi connectivity index (χ0n) is 3.93. The number of halogens is 1. The fourth-order valence-corrected chi connectivity index (χ4v) is 0.696. The summed E-state index contributed by atoms with van der Waals surface area (Å²) in [4.78, 5) is 0. The van der Waals surface area contributed by atoms with Crippen LogP contribution in [0.4, 0.5) is 0 Å². The van der Waals surface area contributed by atoms with Crippen LogP contribution in [0.3, 0.4) is 0 Å². The zero-order chi connectivity index (χ0) is 5.91. The van der Waals surface area contributed by atoms with Crippen molar-refractivity contribution in [3.8, 4) is 0 Å². The minimum absolute atomic E-state index is 0.373. The molecule has 0 aromatic rings. The van der Waals surface area contributed by atoms with Crippen LogP contribution < -0.4 is 0 Å². The van der Waals surface area contributed by atoms with Crippen LogP contribution in [0, 0.1) is 0 Å².